The number of benzene rings is 2. The van der Waals surface area contributed by atoms with Crippen LogP contribution in [0.4, 0.5) is 13.2 Å². The predicted octanol–water partition coefficient (Wildman–Crippen LogP) is 4.30. The van der Waals surface area contributed by atoms with Crippen molar-refractivity contribution in [3.8, 4) is 5.69 Å². The Morgan fingerprint density at radius 1 is 1.06 bits per heavy atom. The number of aryl methyl sites for hydroxylation is 1. The lowest BCUT2D eigenvalue weighted by molar-refractivity contribution is -0.137. The minimum absolute atomic E-state index is 0.231. The fraction of sp³-hybridized carbons (Fsp3) is 0.167. The van der Waals surface area contributed by atoms with Crippen molar-refractivity contribution >= 4 is 27.8 Å². The second-order valence-corrected chi connectivity index (χ2v) is 7.87. The van der Waals surface area contributed by atoms with E-state index in [1.807, 2.05) is 12.3 Å². The Bertz CT molecular complexity index is 1490. The highest BCUT2D eigenvalue weighted by molar-refractivity contribution is 6.10. The topological polar surface area (TPSA) is 77.6 Å². The van der Waals surface area contributed by atoms with Crippen LogP contribution in [0.25, 0.3) is 27.6 Å². The Morgan fingerprint density at radius 2 is 1.85 bits per heavy atom. The van der Waals surface area contributed by atoms with Gasteiger partial charge in [-0.3, -0.25) is 14.0 Å². The molecule has 2 aromatic carbocycles. The van der Waals surface area contributed by atoms with Gasteiger partial charge < -0.3 is 5.32 Å². The second-order valence-electron chi connectivity index (χ2n) is 7.87. The van der Waals surface area contributed by atoms with E-state index in [9.17, 15) is 18.0 Å². The molecule has 0 aliphatic rings. The van der Waals surface area contributed by atoms with Crippen LogP contribution in [0.1, 0.15) is 21.6 Å². The van der Waals surface area contributed by atoms with Gasteiger partial charge in [0.15, 0.2) is 5.65 Å². The van der Waals surface area contributed by atoms with Gasteiger partial charge in [0.05, 0.1) is 16.8 Å². The molecule has 0 atom stereocenters. The van der Waals surface area contributed by atoms with Crippen molar-refractivity contribution in [3.63, 3.8) is 0 Å². The summed E-state index contributed by atoms with van der Waals surface area (Å²) in [6.45, 7) is 0.407. The molecule has 1 N–H and O–H groups in total. The first-order valence-corrected chi connectivity index (χ1v) is 10.5. The summed E-state index contributed by atoms with van der Waals surface area (Å²) in [6, 6.07) is 13.8. The van der Waals surface area contributed by atoms with Crippen LogP contribution < -0.4 is 5.32 Å². The Hall–Kier alpha value is -4.21. The summed E-state index contributed by atoms with van der Waals surface area (Å²) in [5, 5.41) is 16.8. The van der Waals surface area contributed by atoms with E-state index in [2.05, 4.69) is 20.6 Å². The Morgan fingerprint density at radius 3 is 2.56 bits per heavy atom. The van der Waals surface area contributed by atoms with Crippen LogP contribution in [-0.4, -0.2) is 37.0 Å². The van der Waals surface area contributed by atoms with Crippen molar-refractivity contribution in [3.05, 3.63) is 83.8 Å². The summed E-state index contributed by atoms with van der Waals surface area (Å²) in [7, 11) is 1.77. The van der Waals surface area contributed by atoms with Gasteiger partial charge in [-0.15, -0.1) is 0 Å². The first-order chi connectivity index (χ1) is 16.3. The molecule has 0 fully saturated rings. The largest absolute Gasteiger partial charge is 0.416 e. The monoisotopic (exact) mass is 464 g/mol. The molecule has 0 aliphatic carbocycles. The number of carbonyl (C=O) groups is 1. The van der Waals surface area contributed by atoms with Crippen molar-refractivity contribution < 1.29 is 18.0 Å². The molecule has 5 rings (SSSR count). The van der Waals surface area contributed by atoms with E-state index in [0.29, 0.717) is 29.9 Å². The normalized spacial score (nSPS) is 11.9. The summed E-state index contributed by atoms with van der Waals surface area (Å²) in [5.74, 6) is -0.231. The van der Waals surface area contributed by atoms with E-state index >= 15 is 0 Å². The quantitative estimate of drug-likeness (QED) is 0.421. The van der Waals surface area contributed by atoms with Crippen LogP contribution in [0.2, 0.25) is 0 Å². The molecule has 0 spiro atoms. The fourth-order valence-electron chi connectivity index (χ4n) is 3.97. The van der Waals surface area contributed by atoms with Gasteiger partial charge in [-0.1, -0.05) is 0 Å². The zero-order valence-corrected chi connectivity index (χ0v) is 18.0. The number of carbonyl (C=O) groups excluding carboxylic acids is 1. The number of hydrogen-bond donors (Lipinski definition) is 1. The van der Waals surface area contributed by atoms with Crippen LogP contribution in [-0.2, 0) is 19.6 Å². The van der Waals surface area contributed by atoms with Crippen molar-refractivity contribution in [2.24, 2.45) is 7.05 Å². The predicted molar refractivity (Wildman–Crippen MR) is 121 cm³/mol. The van der Waals surface area contributed by atoms with Gasteiger partial charge in [0.25, 0.3) is 5.91 Å². The molecule has 0 saturated heterocycles. The van der Waals surface area contributed by atoms with E-state index in [4.69, 9.17) is 0 Å². The molecule has 10 heteroatoms. The molecular formula is C24H19F3N6O. The summed E-state index contributed by atoms with van der Waals surface area (Å²) in [5.41, 5.74) is 2.43. The maximum atomic E-state index is 13.0. The number of aromatic nitrogens is 5. The Kier molecular flexibility index (Phi) is 5.27. The number of halogens is 3. The summed E-state index contributed by atoms with van der Waals surface area (Å²) in [4.78, 5) is 12.7. The minimum atomic E-state index is -4.41. The lowest BCUT2D eigenvalue weighted by Gasteiger charge is -2.10. The summed E-state index contributed by atoms with van der Waals surface area (Å²) >= 11 is 0. The Balaban J connectivity index is 1.48. The molecular weight excluding hydrogens is 445 g/mol. The third-order valence-corrected chi connectivity index (χ3v) is 5.56. The number of rotatable bonds is 5. The molecule has 5 aromatic rings. The maximum Gasteiger partial charge on any atom is 0.416 e. The number of hydrogen-bond acceptors (Lipinski definition) is 4. The van der Waals surface area contributed by atoms with Crippen LogP contribution in [0, 0.1) is 0 Å². The summed E-state index contributed by atoms with van der Waals surface area (Å²) in [6.07, 6.45) is -0.437. The van der Waals surface area contributed by atoms with Gasteiger partial charge in [-0.25, -0.2) is 0 Å². The highest BCUT2D eigenvalue weighted by Crippen LogP contribution is 2.34. The number of amides is 1. The first kappa shape index (κ1) is 21.6. The van der Waals surface area contributed by atoms with E-state index in [1.54, 1.807) is 46.8 Å². The molecule has 3 aromatic heterocycles. The lowest BCUT2D eigenvalue weighted by Crippen LogP contribution is -2.25. The smallest absolute Gasteiger partial charge is 0.352 e. The number of nitrogens with one attached hydrogen (secondary N) is 1. The maximum absolute atomic E-state index is 13.0. The van der Waals surface area contributed by atoms with E-state index in [1.165, 1.54) is 12.1 Å². The van der Waals surface area contributed by atoms with Crippen LogP contribution in [0.5, 0.6) is 0 Å². The van der Waals surface area contributed by atoms with Gasteiger partial charge in [0, 0.05) is 54.4 Å². The average molecular weight is 464 g/mol. The van der Waals surface area contributed by atoms with Gasteiger partial charge in [-0.05, 0) is 54.6 Å². The SMILES string of the molecule is Cn1cc2c3cc(C(=O)NCCc4cccnn4)ccc3n(-c3ccc(C(F)(F)F)cc3)c2n1. The molecule has 7 nitrogen and oxygen atoms in total. The molecule has 0 saturated carbocycles. The van der Waals surface area contributed by atoms with Crippen molar-refractivity contribution in [1.82, 2.24) is 29.9 Å². The zero-order valence-electron chi connectivity index (χ0n) is 18.0. The first-order valence-electron chi connectivity index (χ1n) is 10.5. The van der Waals surface area contributed by atoms with Crippen molar-refractivity contribution in [2.75, 3.05) is 6.54 Å². The third kappa shape index (κ3) is 3.98. The van der Waals surface area contributed by atoms with Gasteiger partial charge in [0.1, 0.15) is 0 Å². The van der Waals surface area contributed by atoms with Crippen molar-refractivity contribution in [2.45, 2.75) is 12.6 Å². The van der Waals surface area contributed by atoms with E-state index in [0.717, 1.165) is 34.1 Å². The molecule has 0 bridgehead atoms. The molecule has 34 heavy (non-hydrogen) atoms. The number of alkyl halides is 3. The standard InChI is InChI=1S/C24H19F3N6O/c1-32-14-20-19-13-15(23(34)28-12-10-17-3-2-11-29-30-17)4-9-21(19)33(22(20)31-32)18-7-5-16(6-8-18)24(25,26)27/h2-9,11,13-14H,10,12H2,1H3,(H,28,34). The zero-order chi connectivity index (χ0) is 23.9. The molecule has 172 valence electrons. The van der Waals surface area contributed by atoms with Gasteiger partial charge in [0.2, 0.25) is 0 Å². The summed E-state index contributed by atoms with van der Waals surface area (Å²) < 4.78 is 42.5. The highest BCUT2D eigenvalue weighted by Gasteiger charge is 2.30. The Labute approximate surface area is 191 Å². The number of nitrogens with zero attached hydrogens (tertiary/aromatic N) is 5. The van der Waals surface area contributed by atoms with Crippen LogP contribution in [0.3, 0.4) is 0 Å². The second kappa shape index (κ2) is 8.29. The molecule has 0 unspecified atom stereocenters. The van der Waals surface area contributed by atoms with Crippen molar-refractivity contribution in [1.29, 1.82) is 0 Å². The van der Waals surface area contributed by atoms with E-state index < -0.39 is 11.7 Å². The molecule has 0 aliphatic heterocycles. The van der Waals surface area contributed by atoms with Crippen LogP contribution in [0.15, 0.2) is 67.0 Å². The highest BCUT2D eigenvalue weighted by atomic mass is 19.4. The number of fused-ring (bicyclic) bond motifs is 3. The van der Waals surface area contributed by atoms with Gasteiger partial charge >= 0.3 is 6.18 Å². The molecule has 1 amide bonds. The fourth-order valence-corrected chi connectivity index (χ4v) is 3.97. The average Bonchev–Trinajstić information content (AvgIpc) is 3.33. The molecule has 0 radical (unpaired) electrons. The lowest BCUT2D eigenvalue weighted by atomic mass is 10.1. The van der Waals surface area contributed by atoms with E-state index in [-0.39, 0.29) is 5.91 Å². The minimum Gasteiger partial charge on any atom is -0.352 e. The molecule has 3 heterocycles. The van der Waals surface area contributed by atoms with Gasteiger partial charge in [-0.2, -0.15) is 28.5 Å². The van der Waals surface area contributed by atoms with Crippen LogP contribution >= 0.6 is 0 Å². The third-order valence-electron chi connectivity index (χ3n) is 5.56.